The van der Waals surface area contributed by atoms with E-state index in [1.54, 1.807) is 6.21 Å². The van der Waals surface area contributed by atoms with Crippen molar-refractivity contribution < 1.29 is 9.53 Å². The fourth-order valence-electron chi connectivity index (χ4n) is 3.22. The lowest BCUT2D eigenvalue weighted by Crippen LogP contribution is -2.20. The van der Waals surface area contributed by atoms with Crippen LogP contribution in [-0.4, -0.2) is 39.2 Å². The van der Waals surface area contributed by atoms with E-state index >= 15 is 0 Å². The number of nitrogens with zero attached hydrogens (tertiary/aromatic N) is 4. The summed E-state index contributed by atoms with van der Waals surface area (Å²) < 4.78 is 7.39. The predicted molar refractivity (Wildman–Crippen MR) is 136 cm³/mol. The Morgan fingerprint density at radius 3 is 2.47 bits per heavy atom. The first-order valence-electron chi connectivity index (χ1n) is 10.9. The number of hydrazone groups is 1. The zero-order chi connectivity index (χ0) is 23.8. The number of carbonyl (C=O) groups is 1. The summed E-state index contributed by atoms with van der Waals surface area (Å²) in [6, 6.07) is 25.5. The van der Waals surface area contributed by atoms with Gasteiger partial charge in [-0.25, -0.2) is 5.43 Å². The SMILES string of the molecule is CCOc1ccc(/C=N/NC(=O)CSc2nnc(-c3ccccc3)n2-c2ccc(C)cc2)cc1. The number of aromatic nitrogens is 3. The topological polar surface area (TPSA) is 81.4 Å². The molecule has 4 rings (SSSR count). The summed E-state index contributed by atoms with van der Waals surface area (Å²) in [4.78, 5) is 12.4. The van der Waals surface area contributed by atoms with E-state index in [0.29, 0.717) is 11.8 Å². The van der Waals surface area contributed by atoms with Crippen molar-refractivity contribution in [2.45, 2.75) is 19.0 Å². The smallest absolute Gasteiger partial charge is 0.250 e. The van der Waals surface area contributed by atoms with Crippen molar-refractivity contribution in [3.05, 3.63) is 90.0 Å². The van der Waals surface area contributed by atoms with Gasteiger partial charge in [-0.3, -0.25) is 9.36 Å². The molecule has 0 unspecified atom stereocenters. The van der Waals surface area contributed by atoms with Crippen LogP contribution in [0.25, 0.3) is 17.1 Å². The van der Waals surface area contributed by atoms with Crippen LogP contribution < -0.4 is 10.2 Å². The van der Waals surface area contributed by atoms with Crippen LogP contribution in [0.2, 0.25) is 0 Å². The molecule has 0 spiro atoms. The summed E-state index contributed by atoms with van der Waals surface area (Å²) in [5.74, 6) is 1.44. The molecule has 0 saturated carbocycles. The summed E-state index contributed by atoms with van der Waals surface area (Å²) in [6.45, 7) is 4.60. The molecular formula is C26H25N5O2S. The number of benzene rings is 3. The molecule has 1 heterocycles. The maximum atomic E-state index is 12.4. The summed E-state index contributed by atoms with van der Waals surface area (Å²) in [5.41, 5.74) is 6.48. The van der Waals surface area contributed by atoms with Gasteiger partial charge in [-0.15, -0.1) is 10.2 Å². The van der Waals surface area contributed by atoms with Crippen LogP contribution in [0.3, 0.4) is 0 Å². The second kappa shape index (κ2) is 11.3. The zero-order valence-corrected chi connectivity index (χ0v) is 19.8. The van der Waals surface area contributed by atoms with Crippen LogP contribution >= 0.6 is 11.8 Å². The van der Waals surface area contributed by atoms with Crippen molar-refractivity contribution in [2.75, 3.05) is 12.4 Å². The second-order valence-corrected chi connectivity index (χ2v) is 8.37. The maximum Gasteiger partial charge on any atom is 0.250 e. The molecule has 0 aliphatic carbocycles. The van der Waals surface area contributed by atoms with E-state index in [1.807, 2.05) is 97.3 Å². The van der Waals surface area contributed by atoms with Gasteiger partial charge in [0.05, 0.1) is 18.6 Å². The highest BCUT2D eigenvalue weighted by Crippen LogP contribution is 2.28. The lowest BCUT2D eigenvalue weighted by Gasteiger charge is -2.10. The van der Waals surface area contributed by atoms with Gasteiger partial charge in [0.25, 0.3) is 5.91 Å². The molecule has 4 aromatic rings. The molecule has 8 heteroatoms. The van der Waals surface area contributed by atoms with Crippen LogP contribution in [0, 0.1) is 6.92 Å². The van der Waals surface area contributed by atoms with E-state index < -0.39 is 0 Å². The number of thioether (sulfide) groups is 1. The van der Waals surface area contributed by atoms with Crippen LogP contribution in [0.5, 0.6) is 5.75 Å². The number of nitrogens with one attached hydrogen (secondary N) is 1. The Bertz CT molecular complexity index is 1250. The van der Waals surface area contributed by atoms with Crippen LogP contribution in [-0.2, 0) is 4.79 Å². The number of hydrogen-bond donors (Lipinski definition) is 1. The van der Waals surface area contributed by atoms with Gasteiger partial charge in [0, 0.05) is 11.3 Å². The highest BCUT2D eigenvalue weighted by atomic mass is 32.2. The molecule has 0 aliphatic rings. The lowest BCUT2D eigenvalue weighted by atomic mass is 10.2. The number of ether oxygens (including phenoxy) is 1. The summed E-state index contributed by atoms with van der Waals surface area (Å²) in [6.07, 6.45) is 1.60. The van der Waals surface area contributed by atoms with E-state index in [-0.39, 0.29) is 11.7 Å². The van der Waals surface area contributed by atoms with Crippen LogP contribution in [0.4, 0.5) is 0 Å². The fraction of sp³-hybridized carbons (Fsp3) is 0.154. The first-order valence-corrected chi connectivity index (χ1v) is 11.9. The minimum absolute atomic E-state index is 0.152. The van der Waals surface area contributed by atoms with Gasteiger partial charge in [0.1, 0.15) is 5.75 Å². The van der Waals surface area contributed by atoms with E-state index in [2.05, 4.69) is 20.7 Å². The third-order valence-electron chi connectivity index (χ3n) is 4.88. The third-order valence-corrected chi connectivity index (χ3v) is 5.81. The Kier molecular flexibility index (Phi) is 7.72. The van der Waals surface area contributed by atoms with E-state index in [0.717, 1.165) is 34.0 Å². The molecule has 0 atom stereocenters. The standard InChI is InChI=1S/C26H25N5O2S/c1-3-33-23-15-11-20(12-16-23)17-27-28-24(32)18-34-26-30-29-25(21-7-5-4-6-8-21)31(26)22-13-9-19(2)10-14-22/h4-17H,3,18H2,1-2H3,(H,28,32)/b27-17+. The van der Waals surface area contributed by atoms with Crippen molar-refractivity contribution in [1.29, 1.82) is 0 Å². The van der Waals surface area contributed by atoms with Crippen molar-refractivity contribution >= 4 is 23.9 Å². The Labute approximate surface area is 202 Å². The summed E-state index contributed by atoms with van der Waals surface area (Å²) >= 11 is 1.31. The molecular weight excluding hydrogens is 446 g/mol. The number of rotatable bonds is 9. The van der Waals surface area contributed by atoms with Crippen molar-refractivity contribution in [3.63, 3.8) is 0 Å². The molecule has 0 radical (unpaired) electrons. The normalized spacial score (nSPS) is 11.0. The Morgan fingerprint density at radius 2 is 1.76 bits per heavy atom. The monoisotopic (exact) mass is 471 g/mol. The largest absolute Gasteiger partial charge is 0.494 e. The van der Waals surface area contributed by atoms with Crippen LogP contribution in [0.15, 0.2) is 89.1 Å². The molecule has 0 saturated heterocycles. The van der Waals surface area contributed by atoms with Gasteiger partial charge in [-0.2, -0.15) is 5.10 Å². The van der Waals surface area contributed by atoms with Crippen molar-refractivity contribution in [1.82, 2.24) is 20.2 Å². The van der Waals surface area contributed by atoms with Crippen molar-refractivity contribution in [3.8, 4) is 22.8 Å². The number of amides is 1. The predicted octanol–water partition coefficient (Wildman–Crippen LogP) is 4.88. The first-order chi connectivity index (χ1) is 16.6. The zero-order valence-electron chi connectivity index (χ0n) is 19.0. The second-order valence-electron chi connectivity index (χ2n) is 7.43. The molecule has 34 heavy (non-hydrogen) atoms. The minimum Gasteiger partial charge on any atom is -0.494 e. The Balaban J connectivity index is 1.44. The highest BCUT2D eigenvalue weighted by Gasteiger charge is 2.17. The van der Waals surface area contributed by atoms with E-state index in [9.17, 15) is 4.79 Å². The quantitative estimate of drug-likeness (QED) is 0.214. The third kappa shape index (κ3) is 5.90. The van der Waals surface area contributed by atoms with Gasteiger partial charge in [0.2, 0.25) is 0 Å². The van der Waals surface area contributed by atoms with Gasteiger partial charge >= 0.3 is 0 Å². The summed E-state index contributed by atoms with van der Waals surface area (Å²) in [7, 11) is 0. The van der Waals surface area contributed by atoms with Gasteiger partial charge in [0.15, 0.2) is 11.0 Å². The van der Waals surface area contributed by atoms with E-state index in [1.165, 1.54) is 11.8 Å². The van der Waals surface area contributed by atoms with Crippen molar-refractivity contribution in [2.24, 2.45) is 5.10 Å². The maximum absolute atomic E-state index is 12.4. The molecule has 172 valence electrons. The van der Waals surface area contributed by atoms with Crippen LogP contribution in [0.1, 0.15) is 18.1 Å². The van der Waals surface area contributed by atoms with Gasteiger partial charge in [-0.1, -0.05) is 59.8 Å². The Morgan fingerprint density at radius 1 is 1.03 bits per heavy atom. The fourth-order valence-corrected chi connectivity index (χ4v) is 3.97. The number of carbonyl (C=O) groups excluding carboxylic acids is 1. The summed E-state index contributed by atoms with van der Waals surface area (Å²) in [5, 5.41) is 13.4. The van der Waals surface area contributed by atoms with Gasteiger partial charge in [-0.05, 0) is 55.8 Å². The molecule has 1 N–H and O–H groups in total. The molecule has 0 fully saturated rings. The first kappa shape index (κ1) is 23.3. The lowest BCUT2D eigenvalue weighted by molar-refractivity contribution is -0.118. The molecule has 1 aromatic heterocycles. The average molecular weight is 472 g/mol. The average Bonchev–Trinajstić information content (AvgIpc) is 3.29. The Hall–Kier alpha value is -3.91. The highest BCUT2D eigenvalue weighted by molar-refractivity contribution is 7.99. The molecule has 3 aromatic carbocycles. The molecule has 1 amide bonds. The number of hydrogen-bond acceptors (Lipinski definition) is 6. The molecule has 7 nitrogen and oxygen atoms in total. The van der Waals surface area contributed by atoms with Gasteiger partial charge < -0.3 is 4.74 Å². The molecule has 0 aliphatic heterocycles. The number of aryl methyl sites for hydroxylation is 1. The van der Waals surface area contributed by atoms with E-state index in [4.69, 9.17) is 4.74 Å². The molecule has 0 bridgehead atoms. The minimum atomic E-state index is -0.230.